The van der Waals surface area contributed by atoms with Crippen LogP contribution in [-0.4, -0.2) is 18.0 Å². The fraction of sp³-hybridized carbons (Fsp3) is 0. The third-order valence-corrected chi connectivity index (χ3v) is 5.82. The van der Waals surface area contributed by atoms with Crippen LogP contribution in [0.2, 0.25) is 5.02 Å². The second-order valence-electron chi connectivity index (χ2n) is 6.15. The van der Waals surface area contributed by atoms with E-state index in [4.69, 9.17) is 11.6 Å². The molecular weight excluding hydrogens is 414 g/mol. The van der Waals surface area contributed by atoms with Gasteiger partial charge in [-0.15, -0.1) is 0 Å². The van der Waals surface area contributed by atoms with Gasteiger partial charge in [-0.25, -0.2) is 9.36 Å². The maximum atomic E-state index is 12.7. The van der Waals surface area contributed by atoms with Crippen LogP contribution in [0.1, 0.15) is 0 Å². The van der Waals surface area contributed by atoms with E-state index in [1.807, 2.05) is 0 Å². The molecule has 1 aromatic heterocycles. The lowest BCUT2D eigenvalue weighted by Crippen LogP contribution is -2.33. The maximum absolute atomic E-state index is 12.7. The molecule has 0 aliphatic carbocycles. The lowest BCUT2D eigenvalue weighted by Gasteiger charge is -2.08. The minimum Gasteiger partial charge on any atom is -0.306 e. The molecule has 0 saturated carbocycles. The Hall–Kier alpha value is -3.36. The molecule has 9 heteroatoms. The van der Waals surface area contributed by atoms with E-state index in [0.29, 0.717) is 21.6 Å². The first-order chi connectivity index (χ1) is 13.8. The molecule has 1 heterocycles. The molecule has 4 rings (SSSR count). The summed E-state index contributed by atoms with van der Waals surface area (Å²) >= 11 is 5.78. The van der Waals surface area contributed by atoms with E-state index in [1.165, 1.54) is 48.5 Å². The monoisotopic (exact) mass is 426 g/mol. The number of para-hydroxylation sites is 1. The second-order valence-corrected chi connectivity index (χ2v) is 8.19. The van der Waals surface area contributed by atoms with Crippen molar-refractivity contribution in [3.8, 4) is 5.69 Å². The van der Waals surface area contributed by atoms with Gasteiger partial charge in [-0.1, -0.05) is 23.7 Å². The highest BCUT2D eigenvalue weighted by molar-refractivity contribution is 7.89. The summed E-state index contributed by atoms with van der Waals surface area (Å²) < 4.78 is 29.6. The molecule has 7 nitrogen and oxygen atoms in total. The van der Waals surface area contributed by atoms with Crippen LogP contribution >= 0.6 is 11.6 Å². The number of fused-ring (bicyclic) bond motifs is 1. The normalized spacial score (nSPS) is 11.5. The Bertz CT molecular complexity index is 1420. The van der Waals surface area contributed by atoms with E-state index in [9.17, 15) is 18.0 Å². The number of H-pyrrole nitrogens is 1. The van der Waals surface area contributed by atoms with Gasteiger partial charge in [0, 0.05) is 5.02 Å². The van der Waals surface area contributed by atoms with Gasteiger partial charge in [0.05, 0.1) is 27.2 Å². The highest BCUT2D eigenvalue weighted by atomic mass is 35.5. The first kappa shape index (κ1) is 19.0. The standard InChI is InChI=1S/C20H13ClN3O4S/c21-13-5-11-16(12-6-13)29(27,28)23-14-7-9-15(10-8-14)24-19(25)17-3-1-2-4-18(17)22-20(24)26/h1-12H,(H,22,26). The van der Waals surface area contributed by atoms with E-state index in [0.717, 1.165) is 4.57 Å². The second kappa shape index (κ2) is 7.23. The number of aromatic nitrogens is 2. The predicted octanol–water partition coefficient (Wildman–Crippen LogP) is 2.96. The maximum Gasteiger partial charge on any atom is 0.333 e. The summed E-state index contributed by atoms with van der Waals surface area (Å²) in [5, 5.41) is 0.783. The minimum atomic E-state index is -3.92. The predicted molar refractivity (Wildman–Crippen MR) is 111 cm³/mol. The van der Waals surface area contributed by atoms with E-state index in [1.54, 1.807) is 24.3 Å². The molecule has 0 atom stereocenters. The van der Waals surface area contributed by atoms with Crippen LogP contribution in [0, 0.1) is 0 Å². The Kier molecular flexibility index (Phi) is 4.73. The molecule has 29 heavy (non-hydrogen) atoms. The molecule has 1 radical (unpaired) electrons. The number of hydrogen-bond acceptors (Lipinski definition) is 4. The zero-order chi connectivity index (χ0) is 20.6. The Morgan fingerprint density at radius 3 is 2.21 bits per heavy atom. The van der Waals surface area contributed by atoms with Gasteiger partial charge in [0.1, 0.15) is 0 Å². The topological polar surface area (TPSA) is 103 Å². The van der Waals surface area contributed by atoms with Crippen molar-refractivity contribution in [1.29, 1.82) is 0 Å². The van der Waals surface area contributed by atoms with E-state index >= 15 is 0 Å². The Labute approximate surface area is 170 Å². The zero-order valence-corrected chi connectivity index (χ0v) is 16.3. The van der Waals surface area contributed by atoms with Crippen molar-refractivity contribution in [3.05, 3.63) is 98.7 Å². The zero-order valence-electron chi connectivity index (χ0n) is 14.7. The van der Waals surface area contributed by atoms with E-state index in [2.05, 4.69) is 9.71 Å². The molecule has 1 N–H and O–H groups in total. The number of benzene rings is 3. The molecule has 0 spiro atoms. The molecule has 0 saturated heterocycles. The quantitative estimate of drug-likeness (QED) is 0.541. The number of nitrogens with zero attached hydrogens (tertiary/aromatic N) is 2. The molecule has 0 aliphatic heterocycles. The molecule has 0 bridgehead atoms. The molecule has 3 aromatic carbocycles. The lowest BCUT2D eigenvalue weighted by atomic mass is 10.2. The van der Waals surface area contributed by atoms with E-state index < -0.39 is 21.3 Å². The van der Waals surface area contributed by atoms with Crippen LogP contribution in [0.25, 0.3) is 16.6 Å². The van der Waals surface area contributed by atoms with Crippen molar-refractivity contribution in [2.75, 3.05) is 0 Å². The van der Waals surface area contributed by atoms with Gasteiger partial charge in [-0.05, 0) is 60.7 Å². The highest BCUT2D eigenvalue weighted by Crippen LogP contribution is 2.19. The Morgan fingerprint density at radius 2 is 1.52 bits per heavy atom. The summed E-state index contributed by atoms with van der Waals surface area (Å²) in [6, 6.07) is 18.1. The van der Waals surface area contributed by atoms with Gasteiger partial charge in [-0.2, -0.15) is 13.1 Å². The minimum absolute atomic E-state index is 0.00756. The average Bonchev–Trinajstić information content (AvgIpc) is 2.69. The fourth-order valence-electron chi connectivity index (χ4n) is 2.86. The summed E-state index contributed by atoms with van der Waals surface area (Å²) in [5.74, 6) is 0. The number of halogens is 1. The van der Waals surface area contributed by atoms with Crippen molar-refractivity contribution in [2.24, 2.45) is 0 Å². The molecule has 0 amide bonds. The SMILES string of the molecule is O=c1[nH]c2ccccc2c(=O)n1-c1ccc([N]S(=O)(=O)c2ccc(Cl)cc2)cc1. The van der Waals surface area contributed by atoms with Crippen LogP contribution in [0.15, 0.2) is 87.3 Å². The van der Waals surface area contributed by atoms with Gasteiger partial charge in [0.15, 0.2) is 0 Å². The first-order valence-electron chi connectivity index (χ1n) is 8.43. The van der Waals surface area contributed by atoms with Gasteiger partial charge in [-0.3, -0.25) is 4.79 Å². The van der Waals surface area contributed by atoms with Crippen molar-refractivity contribution >= 4 is 38.2 Å². The smallest absolute Gasteiger partial charge is 0.306 e. The van der Waals surface area contributed by atoms with Crippen molar-refractivity contribution in [1.82, 2.24) is 14.3 Å². The molecule has 145 valence electrons. The molecular formula is C20H13ClN3O4S. The molecule has 0 unspecified atom stereocenters. The summed E-state index contributed by atoms with van der Waals surface area (Å²) in [7, 11) is -3.92. The summed E-state index contributed by atoms with van der Waals surface area (Å²) in [4.78, 5) is 27.7. The van der Waals surface area contributed by atoms with Gasteiger partial charge in [0.25, 0.3) is 15.6 Å². The fourth-order valence-corrected chi connectivity index (χ4v) is 3.97. The van der Waals surface area contributed by atoms with Crippen molar-refractivity contribution in [3.63, 3.8) is 0 Å². The van der Waals surface area contributed by atoms with Crippen molar-refractivity contribution in [2.45, 2.75) is 4.90 Å². The van der Waals surface area contributed by atoms with Gasteiger partial charge < -0.3 is 4.98 Å². The van der Waals surface area contributed by atoms with E-state index in [-0.39, 0.29) is 10.6 Å². The van der Waals surface area contributed by atoms with Crippen LogP contribution in [-0.2, 0) is 10.0 Å². The largest absolute Gasteiger partial charge is 0.333 e. The number of nitrogens with one attached hydrogen (secondary N) is 1. The first-order valence-corrected chi connectivity index (χ1v) is 10.2. The van der Waals surface area contributed by atoms with Crippen LogP contribution in [0.3, 0.4) is 0 Å². The highest BCUT2D eigenvalue weighted by Gasteiger charge is 2.17. The third-order valence-electron chi connectivity index (χ3n) is 4.25. The summed E-state index contributed by atoms with van der Waals surface area (Å²) in [6.45, 7) is 0. The van der Waals surface area contributed by atoms with Gasteiger partial charge >= 0.3 is 5.69 Å². The average molecular weight is 427 g/mol. The third kappa shape index (κ3) is 3.67. The molecule has 4 aromatic rings. The number of sulfonamides is 1. The van der Waals surface area contributed by atoms with Crippen molar-refractivity contribution < 1.29 is 8.42 Å². The lowest BCUT2D eigenvalue weighted by molar-refractivity contribution is 0.590. The molecule has 0 fully saturated rings. The number of aromatic amines is 1. The Morgan fingerprint density at radius 1 is 0.862 bits per heavy atom. The van der Waals surface area contributed by atoms with Crippen LogP contribution in [0.4, 0.5) is 5.69 Å². The molecule has 0 aliphatic rings. The number of hydrogen-bond donors (Lipinski definition) is 1. The van der Waals surface area contributed by atoms with Crippen LogP contribution < -0.4 is 16.0 Å². The summed E-state index contributed by atoms with van der Waals surface area (Å²) in [5.41, 5.74) is -0.159. The van der Waals surface area contributed by atoms with Crippen LogP contribution in [0.5, 0.6) is 0 Å². The number of rotatable bonds is 4. The van der Waals surface area contributed by atoms with Gasteiger partial charge in [0.2, 0.25) is 0 Å². The summed E-state index contributed by atoms with van der Waals surface area (Å²) in [6.07, 6.45) is 0. The Balaban J connectivity index is 1.69.